The SMILES string of the molecule is CNCC(=O)NCCN(C)C1CCS(=O)(=O)C1. The first-order chi connectivity index (χ1) is 7.94. The van der Waals surface area contributed by atoms with Crippen molar-refractivity contribution in [2.24, 2.45) is 0 Å². The van der Waals surface area contributed by atoms with E-state index in [9.17, 15) is 13.2 Å². The lowest BCUT2D eigenvalue weighted by atomic mass is 10.2. The highest BCUT2D eigenvalue weighted by Gasteiger charge is 2.30. The Balaban J connectivity index is 2.22. The van der Waals surface area contributed by atoms with E-state index in [4.69, 9.17) is 0 Å². The Labute approximate surface area is 103 Å². The number of sulfone groups is 1. The lowest BCUT2D eigenvalue weighted by Gasteiger charge is -2.22. The quantitative estimate of drug-likeness (QED) is 0.606. The molecular weight excluding hydrogens is 242 g/mol. The van der Waals surface area contributed by atoms with Gasteiger partial charge >= 0.3 is 0 Å². The number of rotatable bonds is 6. The molecule has 1 heterocycles. The molecule has 1 atom stereocenters. The predicted molar refractivity (Wildman–Crippen MR) is 66.6 cm³/mol. The van der Waals surface area contributed by atoms with Gasteiger partial charge in [0.1, 0.15) is 0 Å². The van der Waals surface area contributed by atoms with Crippen LogP contribution in [0.1, 0.15) is 6.42 Å². The molecule has 1 unspecified atom stereocenters. The van der Waals surface area contributed by atoms with Gasteiger partial charge in [-0.25, -0.2) is 8.42 Å². The number of nitrogens with zero attached hydrogens (tertiary/aromatic N) is 1. The number of hydrogen-bond donors (Lipinski definition) is 2. The molecule has 2 N–H and O–H groups in total. The Morgan fingerprint density at radius 2 is 2.18 bits per heavy atom. The van der Waals surface area contributed by atoms with Crippen molar-refractivity contribution in [1.82, 2.24) is 15.5 Å². The molecule has 0 aromatic carbocycles. The standard InChI is InChI=1S/C10H21N3O3S/c1-11-7-10(14)12-4-5-13(2)9-3-6-17(15,16)8-9/h9,11H,3-8H2,1-2H3,(H,12,14). The highest BCUT2D eigenvalue weighted by atomic mass is 32.2. The fraction of sp³-hybridized carbons (Fsp3) is 0.900. The van der Waals surface area contributed by atoms with E-state index in [1.807, 2.05) is 11.9 Å². The highest BCUT2D eigenvalue weighted by Crippen LogP contribution is 2.15. The maximum absolute atomic E-state index is 11.3. The van der Waals surface area contributed by atoms with Crippen LogP contribution >= 0.6 is 0 Å². The Hall–Kier alpha value is -0.660. The van der Waals surface area contributed by atoms with Gasteiger partial charge in [-0.05, 0) is 20.5 Å². The average Bonchev–Trinajstić information content (AvgIpc) is 2.59. The topological polar surface area (TPSA) is 78.5 Å². The zero-order valence-corrected chi connectivity index (χ0v) is 11.2. The number of carbonyl (C=O) groups is 1. The highest BCUT2D eigenvalue weighted by molar-refractivity contribution is 7.91. The Morgan fingerprint density at radius 1 is 1.47 bits per heavy atom. The van der Waals surface area contributed by atoms with Gasteiger partial charge in [-0.2, -0.15) is 0 Å². The Morgan fingerprint density at radius 3 is 2.71 bits per heavy atom. The lowest BCUT2D eigenvalue weighted by Crippen LogP contribution is -2.41. The van der Waals surface area contributed by atoms with E-state index in [2.05, 4.69) is 10.6 Å². The van der Waals surface area contributed by atoms with E-state index in [0.29, 0.717) is 26.1 Å². The normalized spacial score (nSPS) is 22.9. The van der Waals surface area contributed by atoms with Crippen LogP contribution in [0, 0.1) is 0 Å². The molecule has 0 aliphatic carbocycles. The predicted octanol–water partition coefficient (Wildman–Crippen LogP) is -1.56. The van der Waals surface area contributed by atoms with Crippen molar-refractivity contribution < 1.29 is 13.2 Å². The summed E-state index contributed by atoms with van der Waals surface area (Å²) in [6.07, 6.45) is 0.698. The minimum absolute atomic E-state index is 0.0417. The minimum atomic E-state index is -2.83. The molecule has 1 aliphatic rings. The van der Waals surface area contributed by atoms with Crippen LogP contribution < -0.4 is 10.6 Å². The van der Waals surface area contributed by atoms with Crippen LogP contribution in [-0.2, 0) is 14.6 Å². The van der Waals surface area contributed by atoms with Crippen molar-refractivity contribution >= 4 is 15.7 Å². The van der Waals surface area contributed by atoms with Crippen LogP contribution in [0.25, 0.3) is 0 Å². The average molecular weight is 263 g/mol. The molecule has 0 bridgehead atoms. The summed E-state index contributed by atoms with van der Waals surface area (Å²) >= 11 is 0. The molecule has 1 fully saturated rings. The van der Waals surface area contributed by atoms with Crippen molar-refractivity contribution in [1.29, 1.82) is 0 Å². The number of carbonyl (C=O) groups excluding carboxylic acids is 1. The second-order valence-corrected chi connectivity index (χ2v) is 6.65. The third kappa shape index (κ3) is 5.01. The van der Waals surface area contributed by atoms with Gasteiger partial charge in [0.15, 0.2) is 9.84 Å². The van der Waals surface area contributed by atoms with Gasteiger partial charge in [-0.3, -0.25) is 4.79 Å². The number of hydrogen-bond acceptors (Lipinski definition) is 5. The second-order valence-electron chi connectivity index (χ2n) is 4.42. The van der Waals surface area contributed by atoms with Crippen molar-refractivity contribution in [3.8, 4) is 0 Å². The van der Waals surface area contributed by atoms with Gasteiger partial charge < -0.3 is 15.5 Å². The third-order valence-corrected chi connectivity index (χ3v) is 4.71. The first kappa shape index (κ1) is 14.4. The van der Waals surface area contributed by atoms with Gasteiger partial charge in [0.05, 0.1) is 18.1 Å². The van der Waals surface area contributed by atoms with E-state index in [1.165, 1.54) is 0 Å². The van der Waals surface area contributed by atoms with E-state index >= 15 is 0 Å². The summed E-state index contributed by atoms with van der Waals surface area (Å²) in [7, 11) is 0.786. The summed E-state index contributed by atoms with van der Waals surface area (Å²) in [5.74, 6) is 0.488. The van der Waals surface area contributed by atoms with Crippen LogP contribution in [0.2, 0.25) is 0 Å². The van der Waals surface area contributed by atoms with Crippen molar-refractivity contribution in [3.63, 3.8) is 0 Å². The van der Waals surface area contributed by atoms with E-state index in [-0.39, 0.29) is 23.5 Å². The molecule has 17 heavy (non-hydrogen) atoms. The van der Waals surface area contributed by atoms with E-state index in [1.54, 1.807) is 7.05 Å². The summed E-state index contributed by atoms with van der Waals surface area (Å²) in [6, 6.07) is 0.0983. The summed E-state index contributed by atoms with van der Waals surface area (Å²) in [5.41, 5.74) is 0. The first-order valence-corrected chi connectivity index (χ1v) is 7.58. The number of amides is 1. The minimum Gasteiger partial charge on any atom is -0.354 e. The molecule has 1 amide bonds. The second kappa shape index (κ2) is 6.32. The molecule has 0 radical (unpaired) electrons. The smallest absolute Gasteiger partial charge is 0.233 e. The fourth-order valence-electron chi connectivity index (χ4n) is 1.90. The monoisotopic (exact) mass is 263 g/mol. The van der Waals surface area contributed by atoms with Crippen molar-refractivity contribution in [3.05, 3.63) is 0 Å². The molecule has 1 rings (SSSR count). The zero-order valence-electron chi connectivity index (χ0n) is 10.4. The van der Waals surface area contributed by atoms with Gasteiger partial charge in [0.2, 0.25) is 5.91 Å². The van der Waals surface area contributed by atoms with E-state index in [0.717, 1.165) is 0 Å². The Bertz CT molecular complexity index is 356. The summed E-state index contributed by atoms with van der Waals surface area (Å²) in [4.78, 5) is 13.2. The van der Waals surface area contributed by atoms with Crippen LogP contribution in [0.5, 0.6) is 0 Å². The fourth-order valence-corrected chi connectivity index (χ4v) is 3.71. The van der Waals surface area contributed by atoms with Gasteiger partial charge in [0, 0.05) is 19.1 Å². The molecule has 0 aromatic rings. The van der Waals surface area contributed by atoms with Crippen LogP contribution in [0.15, 0.2) is 0 Å². The van der Waals surface area contributed by atoms with E-state index < -0.39 is 9.84 Å². The summed E-state index contributed by atoms with van der Waals surface area (Å²) in [6.45, 7) is 1.53. The van der Waals surface area contributed by atoms with Crippen LogP contribution in [0.4, 0.5) is 0 Å². The molecule has 1 aliphatic heterocycles. The van der Waals surface area contributed by atoms with Crippen LogP contribution in [-0.4, -0.2) is 70.5 Å². The number of likely N-dealkylation sites (N-methyl/N-ethyl adjacent to an activating group) is 2. The van der Waals surface area contributed by atoms with Gasteiger partial charge in [-0.15, -0.1) is 0 Å². The van der Waals surface area contributed by atoms with Crippen molar-refractivity contribution in [2.75, 3.05) is 45.2 Å². The molecule has 100 valence electrons. The largest absolute Gasteiger partial charge is 0.354 e. The molecule has 1 saturated heterocycles. The van der Waals surface area contributed by atoms with Crippen molar-refractivity contribution in [2.45, 2.75) is 12.5 Å². The molecule has 7 heteroatoms. The maximum Gasteiger partial charge on any atom is 0.233 e. The number of nitrogens with one attached hydrogen (secondary N) is 2. The summed E-state index contributed by atoms with van der Waals surface area (Å²) < 4.78 is 22.6. The molecule has 0 spiro atoms. The lowest BCUT2D eigenvalue weighted by molar-refractivity contribution is -0.120. The molecule has 0 saturated carbocycles. The Kier molecular flexibility index (Phi) is 5.35. The first-order valence-electron chi connectivity index (χ1n) is 5.76. The molecule has 6 nitrogen and oxygen atoms in total. The molecule has 0 aromatic heterocycles. The zero-order chi connectivity index (χ0) is 12.9. The maximum atomic E-state index is 11.3. The summed E-state index contributed by atoms with van der Waals surface area (Å²) in [5, 5.41) is 5.53. The third-order valence-electron chi connectivity index (χ3n) is 2.96. The van der Waals surface area contributed by atoms with Gasteiger partial charge in [-0.1, -0.05) is 0 Å². The van der Waals surface area contributed by atoms with Gasteiger partial charge in [0.25, 0.3) is 0 Å². The van der Waals surface area contributed by atoms with Crippen LogP contribution in [0.3, 0.4) is 0 Å². The molecular formula is C10H21N3O3S.